The van der Waals surface area contributed by atoms with Gasteiger partial charge in [0.05, 0.1) is 19.0 Å². The topological polar surface area (TPSA) is 39.1 Å². The van der Waals surface area contributed by atoms with Crippen molar-refractivity contribution in [3.63, 3.8) is 0 Å². The molecule has 0 aliphatic rings. The third-order valence-electron chi connectivity index (χ3n) is 4.64. The highest BCUT2D eigenvalue weighted by molar-refractivity contribution is 5.37. The highest BCUT2D eigenvalue weighted by Crippen LogP contribution is 2.22. The van der Waals surface area contributed by atoms with E-state index in [0.29, 0.717) is 0 Å². The number of ether oxygens (including phenoxy) is 1. The lowest BCUT2D eigenvalue weighted by Crippen LogP contribution is -2.18. The van der Waals surface area contributed by atoms with Crippen molar-refractivity contribution >= 4 is 0 Å². The molecule has 5 heteroatoms. The summed E-state index contributed by atoms with van der Waals surface area (Å²) in [7, 11) is 1.68. The lowest BCUT2D eigenvalue weighted by molar-refractivity contribution is 0.411. The van der Waals surface area contributed by atoms with Gasteiger partial charge in [0.2, 0.25) is 0 Å². The number of hydrogen-bond acceptors (Lipinski definition) is 3. The molecule has 0 spiro atoms. The molecule has 4 nitrogen and oxygen atoms in total. The summed E-state index contributed by atoms with van der Waals surface area (Å²) in [5.74, 6) is 0.633. The third-order valence-corrected chi connectivity index (χ3v) is 4.64. The maximum atomic E-state index is 13.5. The van der Waals surface area contributed by atoms with Crippen LogP contribution in [0, 0.1) is 19.7 Å². The molecule has 1 N–H and O–H groups in total. The molecule has 0 amide bonds. The van der Waals surface area contributed by atoms with Crippen molar-refractivity contribution in [2.45, 2.75) is 33.4 Å². The Kier molecular flexibility index (Phi) is 5.38. The van der Waals surface area contributed by atoms with Crippen molar-refractivity contribution in [2.75, 3.05) is 7.11 Å². The van der Waals surface area contributed by atoms with Gasteiger partial charge in [-0.05, 0) is 56.2 Å². The predicted octanol–water partition coefficient (Wildman–Crippen LogP) is 4.49. The van der Waals surface area contributed by atoms with Crippen molar-refractivity contribution in [3.8, 4) is 11.4 Å². The molecule has 1 aromatic heterocycles. The summed E-state index contributed by atoms with van der Waals surface area (Å²) in [6, 6.07) is 12.8. The highest BCUT2D eigenvalue weighted by Gasteiger charge is 2.14. The number of aryl methyl sites for hydroxylation is 1. The number of hydrogen-bond donors (Lipinski definition) is 1. The van der Waals surface area contributed by atoms with Gasteiger partial charge in [-0.2, -0.15) is 5.10 Å². The number of nitrogens with zero attached hydrogens (tertiary/aromatic N) is 2. The lowest BCUT2D eigenvalue weighted by Gasteiger charge is -2.15. The Morgan fingerprint density at radius 2 is 2.00 bits per heavy atom. The normalized spacial score (nSPS) is 12.2. The standard InChI is InChI=1S/C21H24FN3O/c1-14-10-17(8-9-21(14)26-4)12-23-15(2)20-13-24-25(16(20)3)19-7-5-6-18(22)11-19/h5-11,13,15,23H,12H2,1-4H3/t15-/m0/s1. The molecule has 0 radical (unpaired) electrons. The summed E-state index contributed by atoms with van der Waals surface area (Å²) in [5.41, 5.74) is 5.15. The van der Waals surface area contributed by atoms with E-state index in [1.54, 1.807) is 17.9 Å². The Hall–Kier alpha value is -2.66. The zero-order valence-corrected chi connectivity index (χ0v) is 15.6. The summed E-state index contributed by atoms with van der Waals surface area (Å²) in [6.07, 6.45) is 1.84. The van der Waals surface area contributed by atoms with E-state index in [0.717, 1.165) is 34.8 Å². The zero-order chi connectivity index (χ0) is 18.7. The molecule has 3 aromatic rings. The first kappa shape index (κ1) is 18.1. The molecule has 0 saturated heterocycles. The minimum Gasteiger partial charge on any atom is -0.496 e. The van der Waals surface area contributed by atoms with Crippen LogP contribution in [0.4, 0.5) is 4.39 Å². The molecule has 0 aliphatic carbocycles. The molecule has 0 fully saturated rings. The molecule has 0 bridgehead atoms. The van der Waals surface area contributed by atoms with Crippen LogP contribution in [0.3, 0.4) is 0 Å². The number of halogens is 1. The van der Waals surface area contributed by atoms with Crippen molar-refractivity contribution in [2.24, 2.45) is 0 Å². The van der Waals surface area contributed by atoms with Crippen molar-refractivity contribution in [1.29, 1.82) is 0 Å². The lowest BCUT2D eigenvalue weighted by atomic mass is 10.1. The fourth-order valence-corrected chi connectivity index (χ4v) is 3.15. The predicted molar refractivity (Wildman–Crippen MR) is 101 cm³/mol. The molecule has 26 heavy (non-hydrogen) atoms. The SMILES string of the molecule is COc1ccc(CN[C@@H](C)c2cnn(-c3cccc(F)c3)c2C)cc1C. The van der Waals surface area contributed by atoms with Gasteiger partial charge in [-0.3, -0.25) is 0 Å². The first-order valence-corrected chi connectivity index (χ1v) is 8.67. The van der Waals surface area contributed by atoms with E-state index >= 15 is 0 Å². The van der Waals surface area contributed by atoms with Gasteiger partial charge in [-0.25, -0.2) is 9.07 Å². The van der Waals surface area contributed by atoms with Crippen LogP contribution in [0.1, 0.15) is 35.3 Å². The van der Waals surface area contributed by atoms with Gasteiger partial charge < -0.3 is 10.1 Å². The van der Waals surface area contributed by atoms with Gasteiger partial charge in [-0.1, -0.05) is 18.2 Å². The average molecular weight is 353 g/mol. The van der Waals surface area contributed by atoms with E-state index < -0.39 is 0 Å². The second kappa shape index (κ2) is 7.70. The quantitative estimate of drug-likeness (QED) is 0.710. The molecular formula is C21H24FN3O. The van der Waals surface area contributed by atoms with E-state index in [-0.39, 0.29) is 11.9 Å². The van der Waals surface area contributed by atoms with Gasteiger partial charge in [0.15, 0.2) is 0 Å². The average Bonchev–Trinajstić information content (AvgIpc) is 3.01. The molecular weight excluding hydrogens is 329 g/mol. The zero-order valence-electron chi connectivity index (χ0n) is 15.6. The van der Waals surface area contributed by atoms with Crippen molar-refractivity contribution in [1.82, 2.24) is 15.1 Å². The van der Waals surface area contributed by atoms with Crippen LogP contribution >= 0.6 is 0 Å². The van der Waals surface area contributed by atoms with Crippen LogP contribution in [-0.4, -0.2) is 16.9 Å². The smallest absolute Gasteiger partial charge is 0.125 e. The molecule has 1 atom stereocenters. The third kappa shape index (κ3) is 3.78. The minimum absolute atomic E-state index is 0.125. The maximum absolute atomic E-state index is 13.5. The monoisotopic (exact) mass is 353 g/mol. The molecule has 3 rings (SSSR count). The molecule has 0 aliphatic heterocycles. The first-order valence-electron chi connectivity index (χ1n) is 8.67. The van der Waals surface area contributed by atoms with Gasteiger partial charge in [-0.15, -0.1) is 0 Å². The highest BCUT2D eigenvalue weighted by atomic mass is 19.1. The van der Waals surface area contributed by atoms with E-state index in [9.17, 15) is 4.39 Å². The van der Waals surface area contributed by atoms with Gasteiger partial charge in [0.25, 0.3) is 0 Å². The van der Waals surface area contributed by atoms with Crippen LogP contribution in [-0.2, 0) is 6.54 Å². The van der Waals surface area contributed by atoms with E-state index in [1.165, 1.54) is 17.7 Å². The Bertz CT molecular complexity index is 904. The number of benzene rings is 2. The van der Waals surface area contributed by atoms with Crippen LogP contribution in [0.15, 0.2) is 48.7 Å². The van der Waals surface area contributed by atoms with E-state index in [4.69, 9.17) is 4.74 Å². The van der Waals surface area contributed by atoms with Gasteiger partial charge in [0, 0.05) is 23.8 Å². The van der Waals surface area contributed by atoms with Crippen molar-refractivity contribution < 1.29 is 9.13 Å². The van der Waals surface area contributed by atoms with Crippen LogP contribution in [0.5, 0.6) is 5.75 Å². The van der Waals surface area contributed by atoms with Gasteiger partial charge in [0.1, 0.15) is 11.6 Å². The Balaban J connectivity index is 1.72. The summed E-state index contributed by atoms with van der Waals surface area (Å²) in [6.45, 7) is 6.90. The van der Waals surface area contributed by atoms with E-state index in [1.807, 2.05) is 32.2 Å². The van der Waals surface area contributed by atoms with Crippen LogP contribution in [0.25, 0.3) is 5.69 Å². The number of methoxy groups -OCH3 is 1. The number of aromatic nitrogens is 2. The molecule has 0 saturated carbocycles. The largest absolute Gasteiger partial charge is 0.496 e. The second-order valence-corrected chi connectivity index (χ2v) is 6.48. The summed E-state index contributed by atoms with van der Waals surface area (Å²) in [4.78, 5) is 0. The summed E-state index contributed by atoms with van der Waals surface area (Å²) in [5, 5.41) is 7.96. The molecule has 2 aromatic carbocycles. The second-order valence-electron chi connectivity index (χ2n) is 6.48. The summed E-state index contributed by atoms with van der Waals surface area (Å²) < 4.78 is 20.6. The number of rotatable bonds is 6. The molecule has 136 valence electrons. The van der Waals surface area contributed by atoms with E-state index in [2.05, 4.69) is 29.5 Å². The molecule has 1 heterocycles. The first-order chi connectivity index (χ1) is 12.5. The van der Waals surface area contributed by atoms with Crippen LogP contribution in [0.2, 0.25) is 0 Å². The van der Waals surface area contributed by atoms with Crippen LogP contribution < -0.4 is 10.1 Å². The summed E-state index contributed by atoms with van der Waals surface area (Å²) >= 11 is 0. The minimum atomic E-state index is -0.264. The molecule has 0 unspecified atom stereocenters. The Labute approximate surface area is 153 Å². The Morgan fingerprint density at radius 3 is 2.69 bits per heavy atom. The Morgan fingerprint density at radius 1 is 1.19 bits per heavy atom. The fourth-order valence-electron chi connectivity index (χ4n) is 3.15. The fraction of sp³-hybridized carbons (Fsp3) is 0.286. The van der Waals surface area contributed by atoms with Crippen molar-refractivity contribution in [3.05, 3.63) is 76.9 Å². The maximum Gasteiger partial charge on any atom is 0.125 e. The van der Waals surface area contributed by atoms with Gasteiger partial charge >= 0.3 is 0 Å². The number of nitrogens with one attached hydrogen (secondary N) is 1.